The Morgan fingerprint density at radius 3 is 2.37 bits per heavy atom. The number of alkyl halides is 1. The molecule has 0 amide bonds. The number of sulfone groups is 1. The average molecular weight is 345 g/mol. The number of aryl methyl sites for hydroxylation is 2. The van der Waals surface area contributed by atoms with Crippen molar-refractivity contribution in [3.8, 4) is 0 Å². The van der Waals surface area contributed by atoms with Gasteiger partial charge in [0.1, 0.15) is 0 Å². The van der Waals surface area contributed by atoms with Gasteiger partial charge in [-0.2, -0.15) is 0 Å². The Bertz CT molecular complexity index is 531. The molecule has 0 N–H and O–H groups in total. The summed E-state index contributed by atoms with van der Waals surface area (Å²) in [6, 6.07) is 6.60. The summed E-state index contributed by atoms with van der Waals surface area (Å²) in [4.78, 5) is 0. The van der Waals surface area contributed by atoms with Crippen LogP contribution in [0.25, 0.3) is 0 Å². The van der Waals surface area contributed by atoms with E-state index in [1.54, 1.807) is 0 Å². The van der Waals surface area contributed by atoms with Gasteiger partial charge in [-0.25, -0.2) is 8.42 Å². The second-order valence-corrected chi connectivity index (χ2v) is 8.65. The predicted molar refractivity (Wildman–Crippen MR) is 83.7 cm³/mol. The zero-order valence-corrected chi connectivity index (χ0v) is 13.9. The molecule has 1 heterocycles. The summed E-state index contributed by atoms with van der Waals surface area (Å²) in [6.07, 6.45) is 1.79. The Hall–Kier alpha value is -0.350. The molecule has 0 bridgehead atoms. The lowest BCUT2D eigenvalue weighted by Crippen LogP contribution is -2.20. The number of benzene rings is 1. The van der Waals surface area contributed by atoms with Crippen LogP contribution in [0, 0.1) is 25.7 Å². The van der Waals surface area contributed by atoms with E-state index in [2.05, 4.69) is 48.0 Å². The van der Waals surface area contributed by atoms with Gasteiger partial charge >= 0.3 is 0 Å². The van der Waals surface area contributed by atoms with Gasteiger partial charge in [0.05, 0.1) is 11.5 Å². The van der Waals surface area contributed by atoms with Crippen LogP contribution in [0.3, 0.4) is 0 Å². The molecular formula is C15H21BrO2S. The van der Waals surface area contributed by atoms with Gasteiger partial charge in [-0.3, -0.25) is 0 Å². The highest BCUT2D eigenvalue weighted by Crippen LogP contribution is 2.30. The average Bonchev–Trinajstić information content (AvgIpc) is 2.65. The van der Waals surface area contributed by atoms with Crippen molar-refractivity contribution >= 4 is 25.8 Å². The van der Waals surface area contributed by atoms with Gasteiger partial charge in [0.2, 0.25) is 0 Å². The number of halogens is 1. The van der Waals surface area contributed by atoms with Crippen molar-refractivity contribution in [3.05, 3.63) is 34.9 Å². The van der Waals surface area contributed by atoms with Gasteiger partial charge in [0.25, 0.3) is 0 Å². The first kappa shape index (κ1) is 15.0. The number of hydrogen-bond donors (Lipinski definition) is 0. The first-order chi connectivity index (χ1) is 8.89. The Morgan fingerprint density at radius 2 is 1.89 bits per heavy atom. The lowest BCUT2D eigenvalue weighted by atomic mass is 9.87. The van der Waals surface area contributed by atoms with E-state index in [4.69, 9.17) is 0 Å². The summed E-state index contributed by atoms with van der Waals surface area (Å²) in [6.45, 7) is 4.22. The molecule has 0 aliphatic carbocycles. The van der Waals surface area contributed by atoms with Gasteiger partial charge in [0, 0.05) is 5.33 Å². The van der Waals surface area contributed by atoms with Crippen molar-refractivity contribution in [2.75, 3.05) is 16.8 Å². The van der Waals surface area contributed by atoms with E-state index < -0.39 is 9.84 Å². The topological polar surface area (TPSA) is 34.1 Å². The van der Waals surface area contributed by atoms with E-state index >= 15 is 0 Å². The van der Waals surface area contributed by atoms with Crippen LogP contribution in [0.15, 0.2) is 18.2 Å². The van der Waals surface area contributed by atoms with Crippen LogP contribution >= 0.6 is 15.9 Å². The van der Waals surface area contributed by atoms with Crippen LogP contribution in [0.1, 0.15) is 23.1 Å². The van der Waals surface area contributed by atoms with E-state index in [0.29, 0.717) is 23.3 Å². The van der Waals surface area contributed by atoms with Gasteiger partial charge < -0.3 is 0 Å². The van der Waals surface area contributed by atoms with E-state index in [-0.39, 0.29) is 0 Å². The highest BCUT2D eigenvalue weighted by atomic mass is 79.9. The summed E-state index contributed by atoms with van der Waals surface area (Å²) in [5, 5.41) is 0.875. The maximum absolute atomic E-state index is 11.6. The molecule has 1 aliphatic heterocycles. The van der Waals surface area contributed by atoms with Gasteiger partial charge in [0.15, 0.2) is 9.84 Å². The fraction of sp³-hybridized carbons (Fsp3) is 0.600. The van der Waals surface area contributed by atoms with Crippen LogP contribution < -0.4 is 0 Å². The zero-order valence-electron chi connectivity index (χ0n) is 11.5. The second-order valence-electron chi connectivity index (χ2n) is 5.78. The summed E-state index contributed by atoms with van der Waals surface area (Å²) in [7, 11) is -2.78. The first-order valence-electron chi connectivity index (χ1n) is 6.73. The van der Waals surface area contributed by atoms with Crippen molar-refractivity contribution in [2.24, 2.45) is 11.8 Å². The third-order valence-corrected chi connectivity index (χ3v) is 6.54. The van der Waals surface area contributed by atoms with Crippen molar-refractivity contribution in [1.82, 2.24) is 0 Å². The van der Waals surface area contributed by atoms with Crippen LogP contribution in [0.2, 0.25) is 0 Å². The normalized spacial score (nSPS) is 23.4. The largest absolute Gasteiger partial charge is 0.229 e. The zero-order chi connectivity index (χ0) is 14.0. The molecule has 1 aromatic carbocycles. The summed E-state index contributed by atoms with van der Waals surface area (Å²) >= 11 is 3.56. The molecule has 1 saturated heterocycles. The number of hydrogen-bond acceptors (Lipinski definition) is 2. The summed E-state index contributed by atoms with van der Waals surface area (Å²) < 4.78 is 23.2. The highest BCUT2D eigenvalue weighted by molar-refractivity contribution is 9.09. The lowest BCUT2D eigenvalue weighted by molar-refractivity contribution is 0.402. The summed E-state index contributed by atoms with van der Waals surface area (Å²) in [5.41, 5.74) is 3.89. The molecule has 19 heavy (non-hydrogen) atoms. The predicted octanol–water partition coefficient (Wildman–Crippen LogP) is 3.29. The second kappa shape index (κ2) is 5.96. The highest BCUT2D eigenvalue weighted by Gasteiger charge is 2.33. The molecule has 2 nitrogen and oxygen atoms in total. The van der Waals surface area contributed by atoms with Crippen LogP contribution in [-0.2, 0) is 16.3 Å². The first-order valence-corrected chi connectivity index (χ1v) is 9.67. The molecule has 2 atom stereocenters. The molecule has 0 aromatic heterocycles. The van der Waals surface area contributed by atoms with Crippen LogP contribution in [-0.4, -0.2) is 25.3 Å². The Morgan fingerprint density at radius 1 is 1.26 bits per heavy atom. The van der Waals surface area contributed by atoms with Crippen molar-refractivity contribution in [3.63, 3.8) is 0 Å². The Kier molecular flexibility index (Phi) is 4.72. The van der Waals surface area contributed by atoms with E-state index in [9.17, 15) is 8.42 Å². The van der Waals surface area contributed by atoms with E-state index in [0.717, 1.165) is 18.2 Å². The van der Waals surface area contributed by atoms with Crippen LogP contribution in [0.5, 0.6) is 0 Å². The fourth-order valence-corrected chi connectivity index (χ4v) is 5.71. The van der Waals surface area contributed by atoms with Crippen LogP contribution in [0.4, 0.5) is 0 Å². The fourth-order valence-electron chi connectivity index (χ4n) is 3.03. The quantitative estimate of drug-likeness (QED) is 0.785. The SMILES string of the molecule is Cc1cc(C)cc(CC(CBr)C2CCS(=O)(=O)C2)c1. The van der Waals surface area contributed by atoms with E-state index in [1.807, 2.05) is 0 Å². The smallest absolute Gasteiger partial charge is 0.150 e. The molecule has 0 spiro atoms. The molecule has 0 saturated carbocycles. The Balaban J connectivity index is 2.11. The van der Waals surface area contributed by atoms with Gasteiger partial charge in [-0.05, 0) is 44.1 Å². The molecule has 2 unspecified atom stereocenters. The van der Waals surface area contributed by atoms with Gasteiger partial charge in [-0.15, -0.1) is 0 Å². The summed E-state index contributed by atoms with van der Waals surface area (Å²) in [5.74, 6) is 1.46. The minimum Gasteiger partial charge on any atom is -0.229 e. The minimum absolute atomic E-state index is 0.310. The maximum Gasteiger partial charge on any atom is 0.150 e. The lowest BCUT2D eigenvalue weighted by Gasteiger charge is -2.20. The molecule has 106 valence electrons. The van der Waals surface area contributed by atoms with Crippen molar-refractivity contribution < 1.29 is 8.42 Å². The van der Waals surface area contributed by atoms with Crippen molar-refractivity contribution in [1.29, 1.82) is 0 Å². The third-order valence-electron chi connectivity index (χ3n) is 3.91. The minimum atomic E-state index is -2.78. The monoisotopic (exact) mass is 344 g/mol. The van der Waals surface area contributed by atoms with Crippen molar-refractivity contribution in [2.45, 2.75) is 26.7 Å². The molecule has 2 rings (SSSR count). The Labute approximate surface area is 124 Å². The third kappa shape index (κ3) is 4.06. The molecule has 1 fully saturated rings. The maximum atomic E-state index is 11.6. The van der Waals surface area contributed by atoms with E-state index in [1.165, 1.54) is 16.7 Å². The molecule has 1 aliphatic rings. The standard InChI is InChI=1S/C15H21BrO2S/c1-11-5-12(2)7-13(6-11)8-15(9-16)14-3-4-19(17,18)10-14/h5-7,14-15H,3-4,8-10H2,1-2H3. The molecule has 4 heteroatoms. The molecule has 1 aromatic rings. The number of rotatable bonds is 4. The van der Waals surface area contributed by atoms with Gasteiger partial charge in [-0.1, -0.05) is 45.3 Å². The molecular weight excluding hydrogens is 324 g/mol. The molecule has 0 radical (unpaired) electrons.